The van der Waals surface area contributed by atoms with Crippen LogP contribution in [-0.4, -0.2) is 35.8 Å². The second kappa shape index (κ2) is 7.08. The van der Waals surface area contributed by atoms with E-state index in [1.54, 1.807) is 24.0 Å². The lowest BCUT2D eigenvalue weighted by Crippen LogP contribution is -2.43. The number of carbonyl (C=O) groups excluding carboxylic acids is 2. The molecule has 0 bridgehead atoms. The van der Waals surface area contributed by atoms with E-state index in [0.717, 1.165) is 18.4 Å². The smallest absolute Gasteiger partial charge is 0.251 e. The summed E-state index contributed by atoms with van der Waals surface area (Å²) in [4.78, 5) is 26.1. The number of carbonyl (C=O) groups is 2. The first-order valence-corrected chi connectivity index (χ1v) is 7.55. The molecule has 116 valence electrons. The summed E-state index contributed by atoms with van der Waals surface area (Å²) in [6.45, 7) is 4.12. The van der Waals surface area contributed by atoms with Crippen LogP contribution in [0, 0.1) is 24.2 Å². The molecule has 1 aromatic carbocycles. The van der Waals surface area contributed by atoms with Gasteiger partial charge in [0.1, 0.15) is 0 Å². The highest BCUT2D eigenvalue weighted by atomic mass is 16.2. The van der Waals surface area contributed by atoms with Gasteiger partial charge in [-0.15, -0.1) is 0 Å². The molecule has 1 aliphatic carbocycles. The molecular formula is C17H21N3O2. The van der Waals surface area contributed by atoms with E-state index in [2.05, 4.69) is 11.4 Å². The molecule has 0 aliphatic heterocycles. The summed E-state index contributed by atoms with van der Waals surface area (Å²) in [6, 6.07) is 9.63. The van der Waals surface area contributed by atoms with Gasteiger partial charge < -0.3 is 10.2 Å². The Balaban J connectivity index is 1.90. The molecule has 0 radical (unpaired) electrons. The Hall–Kier alpha value is -2.35. The van der Waals surface area contributed by atoms with E-state index in [1.165, 1.54) is 0 Å². The van der Waals surface area contributed by atoms with Gasteiger partial charge in [0.25, 0.3) is 5.91 Å². The van der Waals surface area contributed by atoms with Gasteiger partial charge in [0.15, 0.2) is 0 Å². The number of hydrogen-bond acceptors (Lipinski definition) is 3. The van der Waals surface area contributed by atoms with Crippen molar-refractivity contribution in [1.29, 1.82) is 5.26 Å². The van der Waals surface area contributed by atoms with Crippen molar-refractivity contribution < 1.29 is 9.59 Å². The number of rotatable bonds is 6. The zero-order valence-corrected chi connectivity index (χ0v) is 13.0. The lowest BCUT2D eigenvalue weighted by atomic mass is 10.1. The summed E-state index contributed by atoms with van der Waals surface area (Å²) < 4.78 is 0. The minimum absolute atomic E-state index is 0.0264. The predicted octanol–water partition coefficient (Wildman–Crippen LogP) is 1.88. The van der Waals surface area contributed by atoms with Crippen molar-refractivity contribution in [3.63, 3.8) is 0 Å². The standard InChI is InChI=1S/C17H21N3O2/c1-12-4-3-5-14(8-12)17(22)19-10-16(21)20(15-6-7-15)11-13(2)9-18/h3-5,8,13,15H,6-7,10-11H2,1-2H3,(H,19,22)/t13-/m1/s1. The summed E-state index contributed by atoms with van der Waals surface area (Å²) >= 11 is 0. The van der Waals surface area contributed by atoms with Gasteiger partial charge >= 0.3 is 0 Å². The van der Waals surface area contributed by atoms with Gasteiger partial charge in [-0.25, -0.2) is 0 Å². The Kier molecular flexibility index (Phi) is 5.16. The first-order valence-electron chi connectivity index (χ1n) is 7.55. The highest BCUT2D eigenvalue weighted by molar-refractivity contribution is 5.96. The number of benzene rings is 1. The average molecular weight is 299 g/mol. The van der Waals surface area contributed by atoms with Crippen LogP contribution >= 0.6 is 0 Å². The van der Waals surface area contributed by atoms with Crippen molar-refractivity contribution in [1.82, 2.24) is 10.2 Å². The Labute approximate surface area is 130 Å². The zero-order valence-electron chi connectivity index (χ0n) is 13.0. The van der Waals surface area contributed by atoms with Gasteiger partial charge in [0, 0.05) is 18.2 Å². The van der Waals surface area contributed by atoms with E-state index < -0.39 is 0 Å². The molecule has 1 N–H and O–H groups in total. The molecule has 0 spiro atoms. The van der Waals surface area contributed by atoms with Gasteiger partial charge in [-0.05, 0) is 38.8 Å². The fourth-order valence-corrected chi connectivity index (χ4v) is 2.32. The molecule has 1 fully saturated rings. The van der Waals surface area contributed by atoms with Crippen molar-refractivity contribution in [2.45, 2.75) is 32.7 Å². The van der Waals surface area contributed by atoms with Crippen LogP contribution in [0.2, 0.25) is 0 Å². The van der Waals surface area contributed by atoms with Crippen molar-refractivity contribution in [3.8, 4) is 6.07 Å². The van der Waals surface area contributed by atoms with Gasteiger partial charge in [-0.2, -0.15) is 5.26 Å². The van der Waals surface area contributed by atoms with E-state index >= 15 is 0 Å². The molecule has 0 unspecified atom stereocenters. The summed E-state index contributed by atoms with van der Waals surface area (Å²) in [5.41, 5.74) is 1.55. The number of nitriles is 1. The van der Waals surface area contributed by atoms with E-state index in [-0.39, 0.29) is 30.3 Å². The molecule has 1 aromatic rings. The maximum Gasteiger partial charge on any atom is 0.251 e. The minimum atomic E-state index is -0.249. The van der Waals surface area contributed by atoms with E-state index in [1.807, 2.05) is 19.1 Å². The fourth-order valence-electron chi connectivity index (χ4n) is 2.32. The Morgan fingerprint density at radius 3 is 2.77 bits per heavy atom. The molecule has 2 amide bonds. The quantitative estimate of drug-likeness (QED) is 0.871. The number of aryl methyl sites for hydroxylation is 1. The Morgan fingerprint density at radius 2 is 2.18 bits per heavy atom. The second-order valence-corrected chi connectivity index (χ2v) is 5.86. The van der Waals surface area contributed by atoms with Crippen LogP contribution in [0.25, 0.3) is 0 Å². The number of nitrogens with one attached hydrogen (secondary N) is 1. The molecule has 0 saturated heterocycles. The van der Waals surface area contributed by atoms with Crippen LogP contribution in [0.15, 0.2) is 24.3 Å². The Morgan fingerprint density at radius 1 is 1.45 bits per heavy atom. The third-order valence-electron chi connectivity index (χ3n) is 3.68. The maximum absolute atomic E-state index is 12.3. The largest absolute Gasteiger partial charge is 0.343 e. The lowest BCUT2D eigenvalue weighted by Gasteiger charge is -2.23. The molecule has 5 nitrogen and oxygen atoms in total. The highest BCUT2D eigenvalue weighted by Gasteiger charge is 2.33. The molecule has 1 aliphatic rings. The van der Waals surface area contributed by atoms with Crippen LogP contribution < -0.4 is 5.32 Å². The number of hydrogen-bond donors (Lipinski definition) is 1. The van der Waals surface area contributed by atoms with E-state index in [4.69, 9.17) is 5.26 Å². The van der Waals surface area contributed by atoms with E-state index in [9.17, 15) is 9.59 Å². The number of amides is 2. The first-order chi connectivity index (χ1) is 10.5. The van der Waals surface area contributed by atoms with Crippen LogP contribution in [0.1, 0.15) is 35.7 Å². The summed E-state index contributed by atoms with van der Waals surface area (Å²) in [5, 5.41) is 11.6. The molecule has 2 rings (SSSR count). The molecule has 5 heteroatoms. The molecule has 1 atom stereocenters. The zero-order chi connectivity index (χ0) is 16.1. The van der Waals surface area contributed by atoms with E-state index in [0.29, 0.717) is 12.1 Å². The summed E-state index contributed by atoms with van der Waals surface area (Å²) in [5.74, 6) is -0.566. The summed E-state index contributed by atoms with van der Waals surface area (Å²) in [6.07, 6.45) is 1.96. The predicted molar refractivity (Wildman–Crippen MR) is 83.0 cm³/mol. The highest BCUT2D eigenvalue weighted by Crippen LogP contribution is 2.27. The molecular weight excluding hydrogens is 278 g/mol. The summed E-state index contributed by atoms with van der Waals surface area (Å²) in [7, 11) is 0. The minimum Gasteiger partial charge on any atom is -0.343 e. The molecule has 1 saturated carbocycles. The maximum atomic E-state index is 12.3. The lowest BCUT2D eigenvalue weighted by molar-refractivity contribution is -0.131. The van der Waals surface area contributed by atoms with Crippen molar-refractivity contribution in [2.24, 2.45) is 5.92 Å². The van der Waals surface area contributed by atoms with Crippen molar-refractivity contribution >= 4 is 11.8 Å². The Bertz CT molecular complexity index is 602. The van der Waals surface area contributed by atoms with Crippen LogP contribution in [0.4, 0.5) is 0 Å². The number of nitrogens with zero attached hydrogens (tertiary/aromatic N) is 2. The molecule has 22 heavy (non-hydrogen) atoms. The first kappa shape index (κ1) is 16.0. The van der Waals surface area contributed by atoms with Gasteiger partial charge in [0.2, 0.25) is 5.91 Å². The third kappa shape index (κ3) is 4.32. The van der Waals surface area contributed by atoms with Crippen molar-refractivity contribution in [3.05, 3.63) is 35.4 Å². The third-order valence-corrected chi connectivity index (χ3v) is 3.68. The normalized spacial score (nSPS) is 14.8. The van der Waals surface area contributed by atoms with Gasteiger partial charge in [-0.1, -0.05) is 17.7 Å². The second-order valence-electron chi connectivity index (χ2n) is 5.86. The topological polar surface area (TPSA) is 73.2 Å². The van der Waals surface area contributed by atoms with Crippen molar-refractivity contribution in [2.75, 3.05) is 13.1 Å². The van der Waals surface area contributed by atoms with Gasteiger partial charge in [0.05, 0.1) is 18.5 Å². The van der Waals surface area contributed by atoms with Crippen LogP contribution in [0.3, 0.4) is 0 Å². The van der Waals surface area contributed by atoms with Crippen LogP contribution in [0.5, 0.6) is 0 Å². The van der Waals surface area contributed by atoms with Gasteiger partial charge in [-0.3, -0.25) is 9.59 Å². The monoisotopic (exact) mass is 299 g/mol. The fraction of sp³-hybridized carbons (Fsp3) is 0.471. The SMILES string of the molecule is Cc1cccc(C(=O)NCC(=O)N(C[C@H](C)C#N)C2CC2)c1. The molecule has 0 aromatic heterocycles. The average Bonchev–Trinajstić information content (AvgIpc) is 3.34. The van der Waals surface area contributed by atoms with Crippen LogP contribution in [-0.2, 0) is 4.79 Å². The molecule has 0 heterocycles.